The predicted octanol–water partition coefficient (Wildman–Crippen LogP) is 6.43. The minimum Gasteiger partial charge on any atom is -0.321 e. The Balaban J connectivity index is 1.32. The van der Waals surface area contributed by atoms with Crippen LogP contribution in [0.1, 0.15) is 27.9 Å². The number of hydrogen-bond acceptors (Lipinski definition) is 5. The van der Waals surface area contributed by atoms with Gasteiger partial charge in [0.05, 0.1) is 10.9 Å². The van der Waals surface area contributed by atoms with Crippen LogP contribution in [0.5, 0.6) is 0 Å². The number of rotatable bonds is 8. The van der Waals surface area contributed by atoms with E-state index in [1.807, 2.05) is 55.5 Å². The molecule has 1 heterocycles. The van der Waals surface area contributed by atoms with Crippen molar-refractivity contribution in [1.82, 2.24) is 5.32 Å². The number of thioether (sulfide) groups is 1. The average Bonchev–Trinajstić information content (AvgIpc) is 3.26. The van der Waals surface area contributed by atoms with Crippen LogP contribution in [-0.2, 0) is 14.4 Å². The molecule has 0 radical (unpaired) electrons. The first kappa shape index (κ1) is 29.3. The highest BCUT2D eigenvalue weighted by atomic mass is 127. The minimum absolute atomic E-state index is 0.0792. The van der Waals surface area contributed by atoms with Gasteiger partial charge in [-0.3, -0.25) is 19.2 Å². The first-order chi connectivity index (χ1) is 20.3. The Bertz CT molecular complexity index is 1670. The van der Waals surface area contributed by atoms with Gasteiger partial charge in [-0.05, 0) is 95.8 Å². The van der Waals surface area contributed by atoms with Crippen molar-refractivity contribution in [2.45, 2.75) is 23.5 Å². The molecule has 1 aliphatic rings. The van der Waals surface area contributed by atoms with Crippen LogP contribution in [0.25, 0.3) is 6.08 Å². The molecule has 4 aromatic carbocycles. The maximum Gasteiger partial charge on any atom is 0.272 e. The van der Waals surface area contributed by atoms with Crippen molar-refractivity contribution in [3.8, 4) is 0 Å². The van der Waals surface area contributed by atoms with Crippen LogP contribution in [0, 0.1) is 10.5 Å². The Morgan fingerprint density at radius 3 is 2.33 bits per heavy atom. The molecule has 7 nitrogen and oxygen atoms in total. The molecule has 1 fully saturated rings. The van der Waals surface area contributed by atoms with Gasteiger partial charge in [-0.1, -0.05) is 54.1 Å². The first-order valence-electron chi connectivity index (χ1n) is 13.1. The van der Waals surface area contributed by atoms with E-state index >= 15 is 0 Å². The lowest BCUT2D eigenvalue weighted by molar-refractivity contribution is -0.121. The second-order valence-electron chi connectivity index (χ2n) is 9.63. The van der Waals surface area contributed by atoms with Crippen LogP contribution < -0.4 is 15.5 Å². The van der Waals surface area contributed by atoms with Crippen molar-refractivity contribution >= 4 is 75.4 Å². The molecule has 0 aliphatic carbocycles. The van der Waals surface area contributed by atoms with E-state index in [2.05, 4.69) is 33.2 Å². The number of amides is 4. The molecule has 4 amide bonds. The van der Waals surface area contributed by atoms with E-state index in [9.17, 15) is 19.2 Å². The predicted molar refractivity (Wildman–Crippen MR) is 174 cm³/mol. The Kier molecular flexibility index (Phi) is 9.19. The van der Waals surface area contributed by atoms with Gasteiger partial charge in [0.15, 0.2) is 0 Å². The fourth-order valence-corrected chi connectivity index (χ4v) is 5.81. The van der Waals surface area contributed by atoms with Crippen molar-refractivity contribution < 1.29 is 19.2 Å². The van der Waals surface area contributed by atoms with Crippen molar-refractivity contribution in [3.05, 3.63) is 129 Å². The number of nitrogens with one attached hydrogen (secondary N) is 2. The summed E-state index contributed by atoms with van der Waals surface area (Å²) in [5.41, 5.74) is 3.37. The highest BCUT2D eigenvalue weighted by Crippen LogP contribution is 2.35. The minimum atomic E-state index is -0.579. The normalized spacial score (nSPS) is 15.0. The summed E-state index contributed by atoms with van der Waals surface area (Å²) < 4.78 is 1.01. The number of halogens is 1. The molecule has 42 heavy (non-hydrogen) atoms. The van der Waals surface area contributed by atoms with Crippen LogP contribution in [0.15, 0.2) is 114 Å². The second-order valence-corrected chi connectivity index (χ2v) is 12.1. The number of hydrogen-bond donors (Lipinski definition) is 2. The van der Waals surface area contributed by atoms with Gasteiger partial charge in [0, 0.05) is 26.1 Å². The molecular formula is C33H26IN3O4S. The van der Waals surface area contributed by atoms with Gasteiger partial charge in [0.2, 0.25) is 11.8 Å². The lowest BCUT2D eigenvalue weighted by Gasteiger charge is -2.15. The SMILES string of the molecule is Cc1ccc(/C=C(\NC(=O)c2ccccc2)C(=O)Nc2cccc(S[C@@H]3CC(=O)N(c4ccc(I)cc4)C3=O)c2)cc1. The summed E-state index contributed by atoms with van der Waals surface area (Å²) >= 11 is 3.45. The first-order valence-corrected chi connectivity index (χ1v) is 15.1. The third-order valence-corrected chi connectivity index (χ3v) is 8.38. The third kappa shape index (κ3) is 7.15. The fraction of sp³-hybridized carbons (Fsp3) is 0.0909. The molecule has 9 heteroatoms. The Hall–Kier alpha value is -4.22. The zero-order chi connectivity index (χ0) is 29.6. The van der Waals surface area contributed by atoms with Crippen molar-refractivity contribution in [2.75, 3.05) is 10.2 Å². The monoisotopic (exact) mass is 687 g/mol. The number of carbonyl (C=O) groups excluding carboxylic acids is 4. The summed E-state index contributed by atoms with van der Waals surface area (Å²) in [4.78, 5) is 54.1. The second kappa shape index (κ2) is 13.2. The van der Waals surface area contributed by atoms with Gasteiger partial charge in [-0.15, -0.1) is 11.8 Å². The maximum absolute atomic E-state index is 13.4. The summed E-state index contributed by atoms with van der Waals surface area (Å²) in [6.45, 7) is 1.97. The van der Waals surface area contributed by atoms with E-state index in [1.54, 1.807) is 60.7 Å². The number of nitrogens with zero attached hydrogens (tertiary/aromatic N) is 1. The van der Waals surface area contributed by atoms with E-state index in [0.717, 1.165) is 19.6 Å². The summed E-state index contributed by atoms with van der Waals surface area (Å²) in [5, 5.41) is 5.02. The summed E-state index contributed by atoms with van der Waals surface area (Å²) in [6, 6.07) is 30.6. The van der Waals surface area contributed by atoms with Gasteiger partial charge in [-0.2, -0.15) is 0 Å². The molecular weight excluding hydrogens is 661 g/mol. The Labute approximate surface area is 261 Å². The quantitative estimate of drug-likeness (QED) is 0.127. The Morgan fingerprint density at radius 2 is 1.62 bits per heavy atom. The van der Waals surface area contributed by atoms with Gasteiger partial charge in [0.1, 0.15) is 5.70 Å². The van der Waals surface area contributed by atoms with Gasteiger partial charge >= 0.3 is 0 Å². The summed E-state index contributed by atoms with van der Waals surface area (Å²) in [6.07, 6.45) is 1.71. The highest BCUT2D eigenvalue weighted by molar-refractivity contribution is 14.1. The number of aryl methyl sites for hydroxylation is 1. The molecule has 0 unspecified atom stereocenters. The van der Waals surface area contributed by atoms with Crippen LogP contribution in [0.2, 0.25) is 0 Å². The summed E-state index contributed by atoms with van der Waals surface area (Å²) in [7, 11) is 0. The molecule has 5 rings (SSSR count). The number of carbonyl (C=O) groups is 4. The van der Waals surface area contributed by atoms with Gasteiger partial charge in [0.25, 0.3) is 11.8 Å². The Morgan fingerprint density at radius 1 is 0.905 bits per heavy atom. The van der Waals surface area contributed by atoms with Gasteiger partial charge in [-0.25, -0.2) is 4.90 Å². The number of benzene rings is 4. The molecule has 1 saturated heterocycles. The molecule has 0 aromatic heterocycles. The third-order valence-electron chi connectivity index (χ3n) is 6.48. The largest absolute Gasteiger partial charge is 0.321 e. The van der Waals surface area contributed by atoms with Crippen LogP contribution >= 0.6 is 34.4 Å². The molecule has 0 spiro atoms. The maximum atomic E-state index is 13.4. The van der Waals surface area contributed by atoms with E-state index in [4.69, 9.17) is 0 Å². The average molecular weight is 688 g/mol. The van der Waals surface area contributed by atoms with E-state index < -0.39 is 17.1 Å². The lowest BCUT2D eigenvalue weighted by atomic mass is 10.1. The molecule has 4 aromatic rings. The van der Waals surface area contributed by atoms with Crippen molar-refractivity contribution in [1.29, 1.82) is 0 Å². The zero-order valence-corrected chi connectivity index (χ0v) is 25.5. The highest BCUT2D eigenvalue weighted by Gasteiger charge is 2.40. The van der Waals surface area contributed by atoms with Crippen LogP contribution in [-0.4, -0.2) is 28.9 Å². The molecule has 0 bridgehead atoms. The molecule has 1 atom stereocenters. The van der Waals surface area contributed by atoms with E-state index in [1.165, 1.54) is 16.7 Å². The molecule has 210 valence electrons. The van der Waals surface area contributed by atoms with Gasteiger partial charge < -0.3 is 10.6 Å². The molecule has 1 aliphatic heterocycles. The smallest absolute Gasteiger partial charge is 0.272 e. The van der Waals surface area contributed by atoms with Crippen LogP contribution in [0.3, 0.4) is 0 Å². The molecule has 0 saturated carbocycles. The van der Waals surface area contributed by atoms with E-state index in [-0.39, 0.29) is 23.9 Å². The van der Waals surface area contributed by atoms with Crippen molar-refractivity contribution in [3.63, 3.8) is 0 Å². The standard InChI is InChI=1S/C33H26IN3O4S/c1-21-10-12-22(13-11-21)18-28(36-31(39)23-6-3-2-4-7-23)32(40)35-25-8-5-9-27(19-25)42-29-20-30(38)37(33(29)41)26-16-14-24(34)15-17-26/h2-19,29H,20H2,1H3,(H,35,40)(H,36,39)/b28-18-/t29-/m1/s1. The topological polar surface area (TPSA) is 95.6 Å². The number of anilines is 2. The fourth-order valence-electron chi connectivity index (χ4n) is 4.34. The number of imide groups is 1. The summed E-state index contributed by atoms with van der Waals surface area (Å²) in [5.74, 6) is -1.43. The van der Waals surface area contributed by atoms with E-state index in [0.29, 0.717) is 16.9 Å². The molecule has 2 N–H and O–H groups in total. The van der Waals surface area contributed by atoms with Crippen LogP contribution in [0.4, 0.5) is 11.4 Å². The van der Waals surface area contributed by atoms with Crippen molar-refractivity contribution in [2.24, 2.45) is 0 Å². The zero-order valence-electron chi connectivity index (χ0n) is 22.5. The lowest BCUT2D eigenvalue weighted by Crippen LogP contribution is -2.31.